The number of hydrogen-bond acceptors (Lipinski definition) is 2. The van der Waals surface area contributed by atoms with Gasteiger partial charge in [0.15, 0.2) is 0 Å². The first-order chi connectivity index (χ1) is 8.75. The lowest BCUT2D eigenvalue weighted by Crippen LogP contribution is -2.50. The third kappa shape index (κ3) is 2.03. The minimum atomic E-state index is 0.0864. The normalized spacial score (nSPS) is 30.2. The second-order valence-corrected chi connectivity index (χ2v) is 5.54. The first kappa shape index (κ1) is 11.7. The fraction of sp³-hybridized carbons (Fsp3) is 0.533. The zero-order valence-electron chi connectivity index (χ0n) is 10.8. The Bertz CT molecular complexity index is 458. The van der Waals surface area contributed by atoms with Crippen LogP contribution in [0.3, 0.4) is 0 Å². The molecule has 0 bridgehead atoms. The van der Waals surface area contributed by atoms with E-state index < -0.39 is 0 Å². The molecule has 0 aromatic heterocycles. The standard InChI is InChI=1S/C15H20N2O/c1-10-9-16-7-6-14(10)17-15(18)13-8-11-4-2-3-5-12(11)13/h2-5,10,13-14,16H,6-9H2,1H3,(H,17,18). The van der Waals surface area contributed by atoms with Crippen molar-refractivity contribution in [2.45, 2.75) is 31.7 Å². The quantitative estimate of drug-likeness (QED) is 0.826. The van der Waals surface area contributed by atoms with Gasteiger partial charge in [0, 0.05) is 6.04 Å². The predicted octanol–water partition coefficient (Wildman–Crippen LogP) is 1.44. The van der Waals surface area contributed by atoms with Crippen molar-refractivity contribution < 1.29 is 4.79 Å². The van der Waals surface area contributed by atoms with E-state index in [4.69, 9.17) is 0 Å². The number of piperidine rings is 1. The fourth-order valence-electron chi connectivity index (χ4n) is 3.00. The summed E-state index contributed by atoms with van der Waals surface area (Å²) in [6.45, 7) is 4.22. The summed E-state index contributed by atoms with van der Waals surface area (Å²) in [5.41, 5.74) is 2.55. The van der Waals surface area contributed by atoms with Crippen LogP contribution in [0.25, 0.3) is 0 Å². The van der Waals surface area contributed by atoms with Gasteiger partial charge in [-0.1, -0.05) is 31.2 Å². The van der Waals surface area contributed by atoms with Crippen molar-refractivity contribution in [2.24, 2.45) is 5.92 Å². The molecule has 1 aliphatic heterocycles. The van der Waals surface area contributed by atoms with Crippen LogP contribution in [0.5, 0.6) is 0 Å². The molecular weight excluding hydrogens is 224 g/mol. The van der Waals surface area contributed by atoms with Crippen molar-refractivity contribution in [3.8, 4) is 0 Å². The molecule has 1 heterocycles. The maximum atomic E-state index is 12.3. The SMILES string of the molecule is CC1CNCCC1NC(=O)C1Cc2ccccc21. The zero-order chi connectivity index (χ0) is 12.5. The van der Waals surface area contributed by atoms with Crippen LogP contribution in [0, 0.1) is 5.92 Å². The van der Waals surface area contributed by atoms with Gasteiger partial charge in [0.25, 0.3) is 0 Å². The van der Waals surface area contributed by atoms with Crippen molar-refractivity contribution in [3.05, 3.63) is 35.4 Å². The molecule has 1 aromatic rings. The lowest BCUT2D eigenvalue weighted by Gasteiger charge is -2.34. The third-order valence-electron chi connectivity index (χ3n) is 4.28. The zero-order valence-corrected chi connectivity index (χ0v) is 10.8. The van der Waals surface area contributed by atoms with E-state index in [1.54, 1.807) is 0 Å². The molecule has 3 heteroatoms. The molecule has 18 heavy (non-hydrogen) atoms. The van der Waals surface area contributed by atoms with Crippen LogP contribution >= 0.6 is 0 Å². The molecule has 1 saturated heterocycles. The van der Waals surface area contributed by atoms with E-state index in [2.05, 4.69) is 29.7 Å². The topological polar surface area (TPSA) is 41.1 Å². The van der Waals surface area contributed by atoms with Gasteiger partial charge in [0.1, 0.15) is 0 Å². The minimum absolute atomic E-state index is 0.0864. The summed E-state index contributed by atoms with van der Waals surface area (Å²) in [6, 6.07) is 8.60. The Hall–Kier alpha value is -1.35. The molecule has 3 unspecified atom stereocenters. The second kappa shape index (κ2) is 4.73. The highest BCUT2D eigenvalue weighted by molar-refractivity contribution is 5.87. The molecule has 2 N–H and O–H groups in total. The van der Waals surface area contributed by atoms with E-state index in [1.807, 2.05) is 12.1 Å². The average Bonchev–Trinajstić information content (AvgIpc) is 2.34. The van der Waals surface area contributed by atoms with E-state index in [0.717, 1.165) is 25.9 Å². The smallest absolute Gasteiger partial charge is 0.228 e. The molecule has 2 aliphatic rings. The molecule has 1 fully saturated rings. The summed E-state index contributed by atoms with van der Waals surface area (Å²) >= 11 is 0. The number of rotatable bonds is 2. The molecule has 3 rings (SSSR count). The molecule has 3 nitrogen and oxygen atoms in total. The van der Waals surface area contributed by atoms with Crippen molar-refractivity contribution in [1.29, 1.82) is 0 Å². The number of amides is 1. The van der Waals surface area contributed by atoms with Gasteiger partial charge in [-0.2, -0.15) is 0 Å². The van der Waals surface area contributed by atoms with E-state index >= 15 is 0 Å². The summed E-state index contributed by atoms with van der Waals surface area (Å²) in [6.07, 6.45) is 1.95. The van der Waals surface area contributed by atoms with Crippen LogP contribution in [0.1, 0.15) is 30.4 Å². The van der Waals surface area contributed by atoms with Crippen molar-refractivity contribution >= 4 is 5.91 Å². The number of nitrogens with one attached hydrogen (secondary N) is 2. The van der Waals surface area contributed by atoms with Crippen LogP contribution in [0.4, 0.5) is 0 Å². The van der Waals surface area contributed by atoms with Gasteiger partial charge in [0.2, 0.25) is 5.91 Å². The summed E-state index contributed by atoms with van der Waals surface area (Å²) in [4.78, 5) is 12.3. The van der Waals surface area contributed by atoms with E-state index in [9.17, 15) is 4.79 Å². The minimum Gasteiger partial charge on any atom is -0.352 e. The average molecular weight is 244 g/mol. The van der Waals surface area contributed by atoms with E-state index in [0.29, 0.717) is 12.0 Å². The Morgan fingerprint density at radius 2 is 2.22 bits per heavy atom. The highest BCUT2D eigenvalue weighted by Crippen LogP contribution is 2.35. The van der Waals surface area contributed by atoms with Crippen LogP contribution in [-0.4, -0.2) is 25.0 Å². The summed E-state index contributed by atoms with van der Waals surface area (Å²) < 4.78 is 0. The number of fused-ring (bicyclic) bond motifs is 1. The third-order valence-corrected chi connectivity index (χ3v) is 4.28. The number of benzene rings is 1. The van der Waals surface area contributed by atoms with Crippen LogP contribution in [0.15, 0.2) is 24.3 Å². The van der Waals surface area contributed by atoms with Crippen molar-refractivity contribution in [2.75, 3.05) is 13.1 Å². The van der Waals surface area contributed by atoms with Gasteiger partial charge >= 0.3 is 0 Å². The van der Waals surface area contributed by atoms with Gasteiger partial charge in [-0.15, -0.1) is 0 Å². The van der Waals surface area contributed by atoms with E-state index in [1.165, 1.54) is 11.1 Å². The maximum absolute atomic E-state index is 12.3. The second-order valence-electron chi connectivity index (χ2n) is 5.54. The molecule has 0 radical (unpaired) electrons. The van der Waals surface area contributed by atoms with Gasteiger partial charge in [-0.05, 0) is 43.0 Å². The van der Waals surface area contributed by atoms with Crippen molar-refractivity contribution in [3.63, 3.8) is 0 Å². The molecule has 3 atom stereocenters. The monoisotopic (exact) mass is 244 g/mol. The lowest BCUT2D eigenvalue weighted by molar-refractivity contribution is -0.124. The van der Waals surface area contributed by atoms with Gasteiger partial charge in [-0.25, -0.2) is 0 Å². The fourth-order valence-corrected chi connectivity index (χ4v) is 3.00. The molecular formula is C15H20N2O. The Labute approximate surface area is 108 Å². The molecule has 1 amide bonds. The van der Waals surface area contributed by atoms with Gasteiger partial charge < -0.3 is 10.6 Å². The Balaban J connectivity index is 1.63. The maximum Gasteiger partial charge on any atom is 0.228 e. The molecule has 96 valence electrons. The van der Waals surface area contributed by atoms with Crippen LogP contribution in [0.2, 0.25) is 0 Å². The first-order valence-corrected chi connectivity index (χ1v) is 6.84. The Morgan fingerprint density at radius 1 is 1.39 bits per heavy atom. The first-order valence-electron chi connectivity index (χ1n) is 6.84. The van der Waals surface area contributed by atoms with Gasteiger partial charge in [0.05, 0.1) is 5.92 Å². The molecule has 0 spiro atoms. The summed E-state index contributed by atoms with van der Waals surface area (Å²) in [5.74, 6) is 0.828. The Morgan fingerprint density at radius 3 is 3.00 bits per heavy atom. The van der Waals surface area contributed by atoms with Crippen LogP contribution < -0.4 is 10.6 Å². The van der Waals surface area contributed by atoms with Crippen LogP contribution in [-0.2, 0) is 11.2 Å². The summed E-state index contributed by atoms with van der Waals surface area (Å²) in [5, 5.41) is 6.59. The predicted molar refractivity (Wildman–Crippen MR) is 71.5 cm³/mol. The molecule has 0 saturated carbocycles. The van der Waals surface area contributed by atoms with E-state index in [-0.39, 0.29) is 11.8 Å². The summed E-state index contributed by atoms with van der Waals surface area (Å²) in [7, 11) is 0. The highest BCUT2D eigenvalue weighted by atomic mass is 16.2. The molecule has 1 aliphatic carbocycles. The van der Waals surface area contributed by atoms with Gasteiger partial charge in [-0.3, -0.25) is 4.79 Å². The number of carbonyl (C=O) groups is 1. The Kier molecular flexibility index (Phi) is 3.08. The largest absolute Gasteiger partial charge is 0.352 e. The highest BCUT2D eigenvalue weighted by Gasteiger charge is 2.33. The lowest BCUT2D eigenvalue weighted by atomic mass is 9.77. The number of carbonyl (C=O) groups excluding carboxylic acids is 1. The number of hydrogen-bond donors (Lipinski definition) is 2. The van der Waals surface area contributed by atoms with Crippen molar-refractivity contribution in [1.82, 2.24) is 10.6 Å². The molecule has 1 aromatic carbocycles.